The highest BCUT2D eigenvalue weighted by Gasteiger charge is 2.44. The average Bonchev–Trinajstić information content (AvgIpc) is 2.38. The first kappa shape index (κ1) is 15.3. The number of rotatable bonds is 2. The van der Waals surface area contributed by atoms with E-state index >= 15 is 0 Å². The molecule has 0 saturated carbocycles. The van der Waals surface area contributed by atoms with E-state index in [1.807, 2.05) is 12.1 Å². The smallest absolute Gasteiger partial charge is 0.314 e. The molecule has 0 amide bonds. The Labute approximate surface area is 125 Å². The highest BCUT2D eigenvalue weighted by atomic mass is 35.5. The quantitative estimate of drug-likeness (QED) is 0.907. The van der Waals surface area contributed by atoms with Crippen LogP contribution in [-0.2, 0) is 10.2 Å². The molecule has 1 N–H and O–H groups in total. The second-order valence-electron chi connectivity index (χ2n) is 6.55. The van der Waals surface area contributed by atoms with Crippen molar-refractivity contribution >= 4 is 17.6 Å². The number of hydrogen-bond donors (Lipinski definition) is 1. The molecule has 20 heavy (non-hydrogen) atoms. The fourth-order valence-electron chi connectivity index (χ4n) is 2.95. The van der Waals surface area contributed by atoms with Gasteiger partial charge >= 0.3 is 5.97 Å². The van der Waals surface area contributed by atoms with E-state index in [1.54, 1.807) is 12.1 Å². The van der Waals surface area contributed by atoms with Crippen molar-refractivity contribution in [1.82, 2.24) is 4.90 Å². The molecule has 1 aliphatic rings. The molecule has 4 heteroatoms. The Morgan fingerprint density at radius 3 is 2.10 bits per heavy atom. The molecule has 0 spiro atoms. The Kier molecular flexibility index (Phi) is 4.12. The molecule has 1 fully saturated rings. The highest BCUT2D eigenvalue weighted by Crippen LogP contribution is 2.38. The summed E-state index contributed by atoms with van der Waals surface area (Å²) in [4.78, 5) is 14.2. The molecule has 0 aliphatic carbocycles. The fraction of sp³-hybridized carbons (Fsp3) is 0.562. The van der Waals surface area contributed by atoms with Gasteiger partial charge in [-0.25, -0.2) is 0 Å². The number of carboxylic acid groups (broad SMARTS) is 1. The zero-order valence-corrected chi connectivity index (χ0v) is 13.1. The van der Waals surface area contributed by atoms with Crippen molar-refractivity contribution in [3.05, 3.63) is 34.9 Å². The largest absolute Gasteiger partial charge is 0.481 e. The minimum Gasteiger partial charge on any atom is -0.481 e. The molecule has 1 saturated heterocycles. The van der Waals surface area contributed by atoms with Crippen molar-refractivity contribution in [3.63, 3.8) is 0 Å². The van der Waals surface area contributed by atoms with Gasteiger partial charge in [-0.15, -0.1) is 0 Å². The zero-order valence-electron chi connectivity index (χ0n) is 12.3. The van der Waals surface area contributed by atoms with Crippen molar-refractivity contribution in [3.8, 4) is 0 Å². The number of halogens is 1. The van der Waals surface area contributed by atoms with Crippen LogP contribution >= 0.6 is 11.6 Å². The highest BCUT2D eigenvalue weighted by molar-refractivity contribution is 6.30. The molecule has 1 aromatic rings. The SMILES string of the molecule is CC(C)(C)N1CCC(C(=O)O)(c2ccc(Cl)cc2)CC1. The van der Waals surface area contributed by atoms with Crippen LogP contribution in [0.3, 0.4) is 0 Å². The maximum absolute atomic E-state index is 11.9. The number of hydrogen-bond acceptors (Lipinski definition) is 2. The molecule has 3 nitrogen and oxygen atoms in total. The van der Waals surface area contributed by atoms with Crippen LogP contribution in [0.5, 0.6) is 0 Å². The maximum Gasteiger partial charge on any atom is 0.314 e. The third-order valence-corrected chi connectivity index (χ3v) is 4.62. The summed E-state index contributed by atoms with van der Waals surface area (Å²) in [5.74, 6) is -0.728. The van der Waals surface area contributed by atoms with E-state index in [0.717, 1.165) is 18.7 Å². The van der Waals surface area contributed by atoms with Gasteiger partial charge in [-0.1, -0.05) is 23.7 Å². The van der Waals surface area contributed by atoms with E-state index in [-0.39, 0.29) is 5.54 Å². The van der Waals surface area contributed by atoms with Crippen LogP contribution in [0, 0.1) is 0 Å². The minimum absolute atomic E-state index is 0.0880. The van der Waals surface area contributed by atoms with E-state index in [9.17, 15) is 9.90 Å². The lowest BCUT2D eigenvalue weighted by molar-refractivity contribution is -0.146. The summed E-state index contributed by atoms with van der Waals surface area (Å²) < 4.78 is 0. The summed E-state index contributed by atoms with van der Waals surface area (Å²) in [5, 5.41) is 10.4. The fourth-order valence-corrected chi connectivity index (χ4v) is 3.08. The maximum atomic E-state index is 11.9. The second kappa shape index (κ2) is 5.38. The van der Waals surface area contributed by atoms with E-state index in [0.29, 0.717) is 17.9 Å². The Morgan fingerprint density at radius 2 is 1.70 bits per heavy atom. The van der Waals surface area contributed by atoms with Crippen LogP contribution < -0.4 is 0 Å². The monoisotopic (exact) mass is 295 g/mol. The molecule has 0 aromatic heterocycles. The van der Waals surface area contributed by atoms with Crippen LogP contribution in [0.2, 0.25) is 5.02 Å². The Morgan fingerprint density at radius 1 is 1.20 bits per heavy atom. The zero-order chi connectivity index (χ0) is 15.0. The standard InChI is InChI=1S/C16H22ClNO2/c1-15(2,3)18-10-8-16(9-11-18,14(19)20)12-4-6-13(17)7-5-12/h4-7H,8-11H2,1-3H3,(H,19,20). The molecular formula is C16H22ClNO2. The van der Waals surface area contributed by atoms with Crippen molar-refractivity contribution in [2.45, 2.75) is 44.6 Å². The number of benzene rings is 1. The van der Waals surface area contributed by atoms with Crippen molar-refractivity contribution < 1.29 is 9.90 Å². The molecule has 1 heterocycles. The first-order chi connectivity index (χ1) is 9.25. The summed E-state index contributed by atoms with van der Waals surface area (Å²) in [6.07, 6.45) is 1.28. The van der Waals surface area contributed by atoms with Gasteiger partial charge in [0.2, 0.25) is 0 Å². The Hall–Kier alpha value is -1.06. The molecule has 0 atom stereocenters. The number of carboxylic acids is 1. The summed E-state index contributed by atoms with van der Waals surface area (Å²) >= 11 is 5.90. The third-order valence-electron chi connectivity index (χ3n) is 4.37. The number of nitrogens with zero attached hydrogens (tertiary/aromatic N) is 1. The van der Waals surface area contributed by atoms with Gasteiger partial charge in [-0.05, 0) is 51.3 Å². The first-order valence-corrected chi connectivity index (χ1v) is 7.38. The van der Waals surface area contributed by atoms with Crippen LogP contribution in [0.4, 0.5) is 0 Å². The summed E-state index contributed by atoms with van der Waals surface area (Å²) in [6, 6.07) is 7.25. The average molecular weight is 296 g/mol. The minimum atomic E-state index is -0.771. The molecule has 2 rings (SSSR count). The summed E-state index contributed by atoms with van der Waals surface area (Å²) in [5.41, 5.74) is 0.180. The van der Waals surface area contributed by atoms with Gasteiger partial charge < -0.3 is 5.11 Å². The lowest BCUT2D eigenvalue weighted by atomic mass is 9.72. The topological polar surface area (TPSA) is 40.5 Å². The third kappa shape index (κ3) is 2.84. The normalized spacial score (nSPS) is 19.8. The predicted molar refractivity (Wildman–Crippen MR) is 81.3 cm³/mol. The van der Waals surface area contributed by atoms with Gasteiger partial charge in [0.25, 0.3) is 0 Å². The van der Waals surface area contributed by atoms with Crippen molar-refractivity contribution in [1.29, 1.82) is 0 Å². The molecule has 110 valence electrons. The second-order valence-corrected chi connectivity index (χ2v) is 6.99. The van der Waals surface area contributed by atoms with Gasteiger partial charge in [0.1, 0.15) is 0 Å². The van der Waals surface area contributed by atoms with E-state index < -0.39 is 11.4 Å². The molecular weight excluding hydrogens is 274 g/mol. The van der Waals surface area contributed by atoms with E-state index in [1.165, 1.54) is 0 Å². The Bertz CT molecular complexity index is 482. The Balaban J connectivity index is 2.26. The number of aliphatic carboxylic acids is 1. The summed E-state index contributed by atoms with van der Waals surface area (Å²) in [7, 11) is 0. The lowest BCUT2D eigenvalue weighted by Crippen LogP contribution is -2.52. The van der Waals surface area contributed by atoms with Crippen LogP contribution in [0.1, 0.15) is 39.2 Å². The molecule has 1 aromatic carbocycles. The molecule has 0 bridgehead atoms. The van der Waals surface area contributed by atoms with Crippen molar-refractivity contribution in [2.75, 3.05) is 13.1 Å². The molecule has 1 aliphatic heterocycles. The number of likely N-dealkylation sites (tertiary alicyclic amines) is 1. The molecule has 0 radical (unpaired) electrons. The first-order valence-electron chi connectivity index (χ1n) is 7.00. The lowest BCUT2D eigenvalue weighted by Gasteiger charge is -2.45. The number of piperidine rings is 1. The van der Waals surface area contributed by atoms with Crippen LogP contribution in [0.25, 0.3) is 0 Å². The van der Waals surface area contributed by atoms with Gasteiger partial charge in [-0.3, -0.25) is 9.69 Å². The van der Waals surface area contributed by atoms with E-state index in [2.05, 4.69) is 25.7 Å². The van der Waals surface area contributed by atoms with Gasteiger partial charge in [0.15, 0.2) is 0 Å². The summed E-state index contributed by atoms with van der Waals surface area (Å²) in [6.45, 7) is 8.12. The molecule has 0 unspecified atom stereocenters. The van der Waals surface area contributed by atoms with Crippen LogP contribution in [-0.4, -0.2) is 34.6 Å². The van der Waals surface area contributed by atoms with E-state index in [4.69, 9.17) is 11.6 Å². The van der Waals surface area contributed by atoms with Gasteiger partial charge in [0, 0.05) is 23.7 Å². The van der Waals surface area contributed by atoms with Gasteiger partial charge in [0.05, 0.1) is 5.41 Å². The van der Waals surface area contributed by atoms with Gasteiger partial charge in [-0.2, -0.15) is 0 Å². The van der Waals surface area contributed by atoms with Crippen molar-refractivity contribution in [2.24, 2.45) is 0 Å². The number of carbonyl (C=O) groups is 1. The van der Waals surface area contributed by atoms with Crippen LogP contribution in [0.15, 0.2) is 24.3 Å². The predicted octanol–water partition coefficient (Wildman–Crippen LogP) is 3.56.